The van der Waals surface area contributed by atoms with Crippen molar-refractivity contribution in [3.05, 3.63) is 106 Å². The second-order valence-corrected chi connectivity index (χ2v) is 7.88. The molecule has 0 radical (unpaired) electrons. The summed E-state index contributed by atoms with van der Waals surface area (Å²) < 4.78 is 5.89. The van der Waals surface area contributed by atoms with Gasteiger partial charge in [-0.1, -0.05) is 18.2 Å². The number of hydrogen-bond donors (Lipinski definition) is 3. The molecule has 1 aliphatic heterocycles. The average Bonchev–Trinajstić information content (AvgIpc) is 2.91. The number of amides is 2. The standard InChI is InChI=1S/C26H20N6O4/c27-22-18(33)12-20-24(21(22)26(35)31-14-16-7-2-4-11-29-16)32-23-17(8-5-9-19(23)36-20)25(34)30-13-15-6-1-3-10-28-15/h1-12H,13-14,27H2,(H,30,34)(H,31,35). The molecule has 5 rings (SSSR count). The number of para-hydroxylation sites is 1. The molecule has 2 aromatic heterocycles. The third-order valence-corrected chi connectivity index (χ3v) is 5.49. The van der Waals surface area contributed by atoms with Crippen molar-refractivity contribution in [1.29, 1.82) is 0 Å². The van der Waals surface area contributed by atoms with Crippen LogP contribution in [0.4, 0.5) is 5.69 Å². The molecule has 36 heavy (non-hydrogen) atoms. The maximum atomic E-state index is 13.1. The molecule has 1 aromatic carbocycles. The molecule has 1 aliphatic carbocycles. The lowest BCUT2D eigenvalue weighted by Crippen LogP contribution is -2.28. The Balaban J connectivity index is 1.54. The molecule has 0 saturated heterocycles. The number of aromatic nitrogens is 3. The molecule has 0 bridgehead atoms. The number of anilines is 1. The van der Waals surface area contributed by atoms with Gasteiger partial charge in [-0.05, 0) is 36.4 Å². The minimum absolute atomic E-state index is 0.0723. The number of nitrogens with two attached hydrogens (primary N) is 1. The highest BCUT2D eigenvalue weighted by atomic mass is 16.3. The van der Waals surface area contributed by atoms with E-state index in [0.29, 0.717) is 11.4 Å². The monoisotopic (exact) mass is 480 g/mol. The van der Waals surface area contributed by atoms with E-state index in [9.17, 15) is 14.4 Å². The van der Waals surface area contributed by atoms with Gasteiger partial charge in [0.05, 0.1) is 41.3 Å². The third-order valence-electron chi connectivity index (χ3n) is 5.49. The minimum atomic E-state index is -0.611. The van der Waals surface area contributed by atoms with Crippen LogP contribution in [-0.4, -0.2) is 26.8 Å². The maximum Gasteiger partial charge on any atom is 0.256 e. The lowest BCUT2D eigenvalue weighted by atomic mass is 10.0. The zero-order valence-electron chi connectivity index (χ0n) is 18.9. The van der Waals surface area contributed by atoms with Gasteiger partial charge in [0.25, 0.3) is 11.8 Å². The first kappa shape index (κ1) is 22.7. The largest absolute Gasteiger partial charge is 0.453 e. The summed E-state index contributed by atoms with van der Waals surface area (Å²) in [5.74, 6) is -0.932. The van der Waals surface area contributed by atoms with Gasteiger partial charge < -0.3 is 20.8 Å². The highest BCUT2D eigenvalue weighted by molar-refractivity contribution is 6.07. The highest BCUT2D eigenvalue weighted by Crippen LogP contribution is 2.30. The first-order valence-corrected chi connectivity index (χ1v) is 11.0. The molecule has 0 unspecified atom stereocenters. The van der Waals surface area contributed by atoms with Crippen LogP contribution in [0.5, 0.6) is 0 Å². The van der Waals surface area contributed by atoms with E-state index in [1.165, 1.54) is 6.07 Å². The van der Waals surface area contributed by atoms with E-state index in [2.05, 4.69) is 25.6 Å². The zero-order valence-corrected chi connectivity index (χ0v) is 18.9. The van der Waals surface area contributed by atoms with Gasteiger partial charge in [-0.15, -0.1) is 0 Å². The molecule has 10 heteroatoms. The fraction of sp³-hybridized carbons (Fsp3) is 0.0769. The topological polar surface area (TPSA) is 153 Å². The van der Waals surface area contributed by atoms with Crippen molar-refractivity contribution in [1.82, 2.24) is 25.6 Å². The van der Waals surface area contributed by atoms with Gasteiger partial charge in [0.1, 0.15) is 11.2 Å². The van der Waals surface area contributed by atoms with Gasteiger partial charge in [0, 0.05) is 18.5 Å². The smallest absolute Gasteiger partial charge is 0.256 e. The van der Waals surface area contributed by atoms with Crippen molar-refractivity contribution in [2.75, 3.05) is 5.73 Å². The normalized spacial score (nSPS) is 10.9. The van der Waals surface area contributed by atoms with E-state index in [4.69, 9.17) is 10.2 Å². The van der Waals surface area contributed by atoms with Crippen LogP contribution in [0.25, 0.3) is 22.6 Å². The summed E-state index contributed by atoms with van der Waals surface area (Å²) in [5, 5.41) is 5.52. The SMILES string of the molecule is Nc1c(C(=O)NCc2ccccn2)c2nc3c(C(=O)NCc4ccccn4)cccc3oc-2cc1=O. The predicted octanol–water partition coefficient (Wildman–Crippen LogP) is 2.53. The van der Waals surface area contributed by atoms with Crippen LogP contribution in [0.1, 0.15) is 32.1 Å². The number of carbonyl (C=O) groups excluding carboxylic acids is 2. The van der Waals surface area contributed by atoms with Gasteiger partial charge in [-0.3, -0.25) is 24.4 Å². The summed E-state index contributed by atoms with van der Waals surface area (Å²) in [6.45, 7) is 0.337. The molecular formula is C26H20N6O4. The fourth-order valence-electron chi connectivity index (χ4n) is 3.72. The van der Waals surface area contributed by atoms with Crippen molar-refractivity contribution < 1.29 is 14.0 Å². The molecule has 0 spiro atoms. The van der Waals surface area contributed by atoms with Crippen LogP contribution >= 0.6 is 0 Å². The van der Waals surface area contributed by atoms with Crippen molar-refractivity contribution in [2.45, 2.75) is 13.1 Å². The van der Waals surface area contributed by atoms with E-state index in [-0.39, 0.29) is 52.5 Å². The molecular weight excluding hydrogens is 460 g/mol. The van der Waals surface area contributed by atoms with Gasteiger partial charge in [0.15, 0.2) is 11.3 Å². The molecule has 0 fully saturated rings. The summed E-state index contributed by atoms with van der Waals surface area (Å²) in [6.07, 6.45) is 3.25. The summed E-state index contributed by atoms with van der Waals surface area (Å²) in [4.78, 5) is 51.5. The van der Waals surface area contributed by atoms with E-state index < -0.39 is 17.2 Å². The molecule has 2 amide bonds. The van der Waals surface area contributed by atoms with Crippen molar-refractivity contribution in [3.63, 3.8) is 0 Å². The Morgan fingerprint density at radius 2 is 1.53 bits per heavy atom. The number of pyridine rings is 2. The lowest BCUT2D eigenvalue weighted by Gasteiger charge is -2.14. The number of nitrogens with one attached hydrogen (secondary N) is 2. The molecule has 3 aromatic rings. The lowest BCUT2D eigenvalue weighted by molar-refractivity contribution is 0.0944. The average molecular weight is 480 g/mol. The Morgan fingerprint density at radius 3 is 2.17 bits per heavy atom. The quantitative estimate of drug-likeness (QED) is 0.248. The first-order chi connectivity index (χ1) is 17.5. The third kappa shape index (κ3) is 4.47. The number of nitrogens with zero attached hydrogens (tertiary/aromatic N) is 3. The van der Waals surface area contributed by atoms with E-state index >= 15 is 0 Å². The molecule has 2 aliphatic rings. The number of fused-ring (bicyclic) bond motifs is 2. The number of benzene rings is 2. The molecule has 0 saturated carbocycles. The van der Waals surface area contributed by atoms with Crippen molar-refractivity contribution in [3.8, 4) is 11.5 Å². The number of nitrogen functional groups attached to an aromatic ring is 1. The minimum Gasteiger partial charge on any atom is -0.453 e. The van der Waals surface area contributed by atoms with E-state index in [1.54, 1.807) is 60.9 Å². The van der Waals surface area contributed by atoms with Crippen LogP contribution in [0.15, 0.2) is 82.3 Å². The number of carbonyl (C=O) groups is 2. The molecule has 3 heterocycles. The summed E-state index contributed by atoms with van der Waals surface area (Å²) in [6, 6.07) is 16.8. The Bertz CT molecular complexity index is 1600. The summed E-state index contributed by atoms with van der Waals surface area (Å²) >= 11 is 0. The van der Waals surface area contributed by atoms with Crippen LogP contribution in [0, 0.1) is 0 Å². The summed E-state index contributed by atoms with van der Waals surface area (Å²) in [7, 11) is 0. The Labute approximate surface area is 204 Å². The van der Waals surface area contributed by atoms with Gasteiger partial charge in [0.2, 0.25) is 5.43 Å². The second-order valence-electron chi connectivity index (χ2n) is 7.88. The summed E-state index contributed by atoms with van der Waals surface area (Å²) in [5.41, 5.74) is 7.18. The van der Waals surface area contributed by atoms with Crippen LogP contribution < -0.4 is 21.8 Å². The number of hydrogen-bond acceptors (Lipinski definition) is 8. The Kier molecular flexibility index (Phi) is 6.06. The molecule has 4 N–H and O–H groups in total. The van der Waals surface area contributed by atoms with Gasteiger partial charge in [-0.25, -0.2) is 4.98 Å². The maximum absolute atomic E-state index is 13.1. The molecule has 0 atom stereocenters. The van der Waals surface area contributed by atoms with Crippen LogP contribution in [0.2, 0.25) is 0 Å². The fourth-order valence-corrected chi connectivity index (χ4v) is 3.72. The van der Waals surface area contributed by atoms with Crippen molar-refractivity contribution >= 4 is 28.6 Å². The first-order valence-electron chi connectivity index (χ1n) is 11.0. The van der Waals surface area contributed by atoms with Gasteiger partial charge in [-0.2, -0.15) is 0 Å². The van der Waals surface area contributed by atoms with Gasteiger partial charge >= 0.3 is 0 Å². The highest BCUT2D eigenvalue weighted by Gasteiger charge is 2.26. The molecule has 10 nitrogen and oxygen atoms in total. The molecule has 178 valence electrons. The Morgan fingerprint density at radius 1 is 0.861 bits per heavy atom. The Hall–Kier alpha value is -5.12. The predicted molar refractivity (Wildman–Crippen MR) is 132 cm³/mol. The number of rotatable bonds is 6. The van der Waals surface area contributed by atoms with Crippen LogP contribution in [0.3, 0.4) is 0 Å². The second kappa shape index (κ2) is 9.63. The van der Waals surface area contributed by atoms with Crippen LogP contribution in [-0.2, 0) is 13.1 Å². The van der Waals surface area contributed by atoms with Crippen molar-refractivity contribution in [2.24, 2.45) is 0 Å². The van der Waals surface area contributed by atoms with E-state index in [0.717, 1.165) is 0 Å². The van der Waals surface area contributed by atoms with E-state index in [1.807, 2.05) is 6.07 Å². The zero-order chi connectivity index (χ0) is 25.1.